The summed E-state index contributed by atoms with van der Waals surface area (Å²) < 4.78 is 58.1. The molecule has 0 aliphatic carbocycles. The first kappa shape index (κ1) is 14.7. The number of hydrogen-bond acceptors (Lipinski definition) is 5. The highest BCUT2D eigenvalue weighted by molar-refractivity contribution is 6.13. The summed E-state index contributed by atoms with van der Waals surface area (Å²) in [6.07, 6.45) is 0. The van der Waals surface area contributed by atoms with Crippen LogP contribution in [0.2, 0.25) is 0 Å². The molecule has 0 radical (unpaired) electrons. The zero-order chi connectivity index (χ0) is 22.5. The summed E-state index contributed by atoms with van der Waals surface area (Å²) in [5.74, 6) is -1.76. The van der Waals surface area contributed by atoms with Crippen LogP contribution in [-0.4, -0.2) is 42.3 Å². The van der Waals surface area contributed by atoms with Crippen LogP contribution in [0.25, 0.3) is 11.3 Å². The number of anilines is 2. The number of rotatable bonds is 2. The molecule has 0 unspecified atom stereocenters. The van der Waals surface area contributed by atoms with E-state index in [1.165, 1.54) is 6.07 Å². The van der Waals surface area contributed by atoms with Crippen molar-refractivity contribution in [2.45, 2.75) is 6.85 Å². The Balaban J connectivity index is 1.71. The first-order valence-electron chi connectivity index (χ1n) is 10.7. The Morgan fingerprint density at radius 2 is 1.93 bits per heavy atom. The van der Waals surface area contributed by atoms with E-state index < -0.39 is 18.5 Å². The second kappa shape index (κ2) is 6.97. The van der Waals surface area contributed by atoms with Gasteiger partial charge in [-0.1, -0.05) is 6.07 Å². The monoisotopic (exact) mass is 398 g/mol. The molecule has 3 heterocycles. The Labute approximate surface area is 170 Å². The van der Waals surface area contributed by atoms with E-state index in [0.29, 0.717) is 43.2 Å². The number of aryl methyl sites for hydroxylation is 1. The quantitative estimate of drug-likeness (QED) is 0.685. The van der Waals surface area contributed by atoms with Gasteiger partial charge in [-0.05, 0) is 37.2 Å². The van der Waals surface area contributed by atoms with E-state index in [1.54, 1.807) is 6.07 Å². The van der Waals surface area contributed by atoms with Crippen molar-refractivity contribution < 1.29 is 17.6 Å². The summed E-state index contributed by atoms with van der Waals surface area (Å²) in [7, 11) is 0. The van der Waals surface area contributed by atoms with Crippen molar-refractivity contribution in [2.24, 2.45) is 4.99 Å². The molecule has 29 heavy (non-hydrogen) atoms. The van der Waals surface area contributed by atoms with Crippen molar-refractivity contribution in [3.05, 3.63) is 59.3 Å². The molecule has 1 saturated heterocycles. The van der Waals surface area contributed by atoms with Crippen molar-refractivity contribution in [3.8, 4) is 11.3 Å². The van der Waals surface area contributed by atoms with Gasteiger partial charge in [-0.3, -0.25) is 5.10 Å². The second-order valence-electron chi connectivity index (χ2n) is 6.81. The molecule has 0 bridgehead atoms. The molecule has 0 amide bonds. The number of benzene rings is 2. The Morgan fingerprint density at radius 3 is 2.69 bits per heavy atom. The lowest BCUT2D eigenvalue weighted by atomic mass is 10.1. The number of fused-ring (bicyclic) bond motifs is 3. The van der Waals surface area contributed by atoms with Gasteiger partial charge >= 0.3 is 0 Å². The highest BCUT2D eigenvalue weighted by Gasteiger charge is 2.25. The Morgan fingerprint density at radius 1 is 1.14 bits per heavy atom. The minimum absolute atomic E-state index is 0.0213. The average Bonchev–Trinajstić information content (AvgIpc) is 3.12. The molecule has 2 aromatic carbocycles. The molecule has 0 atom stereocenters. The van der Waals surface area contributed by atoms with Crippen LogP contribution >= 0.6 is 0 Å². The third kappa shape index (κ3) is 3.05. The molecule has 6 nitrogen and oxygen atoms in total. The summed E-state index contributed by atoms with van der Waals surface area (Å²) in [6, 6.07) is 9.04. The highest BCUT2D eigenvalue weighted by Crippen LogP contribution is 2.41. The number of halogens is 2. The van der Waals surface area contributed by atoms with E-state index in [-0.39, 0.29) is 22.8 Å². The molecule has 2 aliphatic heterocycles. The molecule has 0 saturated carbocycles. The van der Waals surface area contributed by atoms with Crippen LogP contribution in [0.3, 0.4) is 0 Å². The third-order valence-corrected chi connectivity index (χ3v) is 5.07. The molecule has 148 valence electrons. The SMILES string of the molecule is [2H]C([2H])([2H])c1n[nH]c2c1N=C(c1c(F)cccc1F)Nc1ccc(N3CCOCC3)cc1-2. The number of aromatic nitrogens is 2. The largest absolute Gasteiger partial charge is 0.378 e. The van der Waals surface area contributed by atoms with Gasteiger partial charge in [0.05, 0.1) is 30.2 Å². The number of ether oxygens (including phenoxy) is 1. The van der Waals surface area contributed by atoms with Crippen molar-refractivity contribution >= 4 is 22.9 Å². The molecule has 3 aromatic rings. The number of hydrogen-bond donors (Lipinski definition) is 2. The molecule has 5 rings (SSSR count). The summed E-state index contributed by atoms with van der Waals surface area (Å²) in [4.78, 5) is 6.50. The van der Waals surface area contributed by atoms with Crippen LogP contribution < -0.4 is 10.2 Å². The smallest absolute Gasteiger partial charge is 0.144 e. The molecule has 2 N–H and O–H groups in total. The zero-order valence-corrected chi connectivity index (χ0v) is 15.3. The van der Waals surface area contributed by atoms with Crippen LogP contribution in [0, 0.1) is 18.5 Å². The summed E-state index contributed by atoms with van der Waals surface area (Å²) in [5, 5.41) is 9.75. The molecule has 1 fully saturated rings. The number of nitrogens with zero attached hydrogens (tertiary/aromatic N) is 3. The van der Waals surface area contributed by atoms with E-state index in [1.807, 2.05) is 12.1 Å². The van der Waals surface area contributed by atoms with Gasteiger partial charge < -0.3 is 15.0 Å². The van der Waals surface area contributed by atoms with Crippen molar-refractivity contribution in [2.75, 3.05) is 36.5 Å². The number of H-pyrrole nitrogens is 1. The average molecular weight is 398 g/mol. The Bertz CT molecular complexity index is 1200. The van der Waals surface area contributed by atoms with Crippen molar-refractivity contribution in [3.63, 3.8) is 0 Å². The summed E-state index contributed by atoms with van der Waals surface area (Å²) in [6.45, 7) is 0.0651. The minimum atomic E-state index is -2.57. The number of nitrogens with one attached hydrogen (secondary N) is 2. The second-order valence-corrected chi connectivity index (χ2v) is 6.81. The molecule has 1 aromatic heterocycles. The molecular weight excluding hydrogens is 376 g/mol. The van der Waals surface area contributed by atoms with Crippen LogP contribution in [0.15, 0.2) is 41.4 Å². The zero-order valence-electron chi connectivity index (χ0n) is 18.3. The number of aromatic amines is 1. The first-order chi connectivity index (χ1) is 15.3. The lowest BCUT2D eigenvalue weighted by Gasteiger charge is -2.29. The maximum atomic E-state index is 14.6. The standard InChI is InChI=1S/C21H19F2N5O/c1-12-19-20(27-26-12)14-11-13(28-7-9-29-10-8-28)5-6-17(14)24-21(25-19)18-15(22)3-2-4-16(18)23/h2-6,11H,7-10H2,1H3,(H,24,25)(H,26,27)/i1D3. The van der Waals surface area contributed by atoms with Gasteiger partial charge in [0, 0.05) is 34.1 Å². The van der Waals surface area contributed by atoms with E-state index in [9.17, 15) is 8.78 Å². The third-order valence-electron chi connectivity index (χ3n) is 5.07. The molecule has 0 spiro atoms. The Kier molecular flexibility index (Phi) is 3.53. The van der Waals surface area contributed by atoms with E-state index >= 15 is 0 Å². The molecule has 8 heteroatoms. The summed E-state index contributed by atoms with van der Waals surface area (Å²) in [5.41, 5.74) is 1.76. The van der Waals surface area contributed by atoms with Gasteiger partial charge in [0.2, 0.25) is 0 Å². The van der Waals surface area contributed by atoms with E-state index in [0.717, 1.165) is 17.8 Å². The fraction of sp³-hybridized carbons (Fsp3) is 0.238. The van der Waals surface area contributed by atoms with Crippen LogP contribution in [0.4, 0.5) is 25.8 Å². The highest BCUT2D eigenvalue weighted by atomic mass is 19.1. The lowest BCUT2D eigenvalue weighted by molar-refractivity contribution is 0.122. The van der Waals surface area contributed by atoms with Crippen molar-refractivity contribution in [1.29, 1.82) is 0 Å². The minimum Gasteiger partial charge on any atom is -0.378 e. The maximum Gasteiger partial charge on any atom is 0.144 e. The molecule has 2 aliphatic rings. The van der Waals surface area contributed by atoms with Gasteiger partial charge in [-0.2, -0.15) is 5.10 Å². The predicted octanol–water partition coefficient (Wildman–Crippen LogP) is 4.00. The van der Waals surface area contributed by atoms with Gasteiger partial charge in [0.15, 0.2) is 0 Å². The van der Waals surface area contributed by atoms with Gasteiger partial charge in [0.1, 0.15) is 23.2 Å². The van der Waals surface area contributed by atoms with E-state index in [4.69, 9.17) is 8.85 Å². The lowest BCUT2D eigenvalue weighted by Crippen LogP contribution is -2.36. The Hall–Kier alpha value is -3.26. The fourth-order valence-corrected chi connectivity index (χ4v) is 3.61. The predicted molar refractivity (Wildman–Crippen MR) is 108 cm³/mol. The first-order valence-corrected chi connectivity index (χ1v) is 9.19. The van der Waals surface area contributed by atoms with Crippen LogP contribution in [-0.2, 0) is 4.74 Å². The van der Waals surface area contributed by atoms with Gasteiger partial charge in [-0.15, -0.1) is 0 Å². The number of aliphatic imine (C=N–C) groups is 1. The van der Waals surface area contributed by atoms with Crippen molar-refractivity contribution in [1.82, 2.24) is 10.2 Å². The van der Waals surface area contributed by atoms with Gasteiger partial charge in [0.25, 0.3) is 0 Å². The fourth-order valence-electron chi connectivity index (χ4n) is 3.61. The van der Waals surface area contributed by atoms with E-state index in [2.05, 4.69) is 25.4 Å². The normalized spacial score (nSPS) is 17.8. The molecular formula is C21H19F2N5O. The van der Waals surface area contributed by atoms with Crippen LogP contribution in [0.1, 0.15) is 15.4 Å². The van der Waals surface area contributed by atoms with Gasteiger partial charge in [-0.25, -0.2) is 13.8 Å². The van der Waals surface area contributed by atoms with Crippen LogP contribution in [0.5, 0.6) is 0 Å². The maximum absolute atomic E-state index is 14.6. The number of amidine groups is 1. The number of morpholine rings is 1. The topological polar surface area (TPSA) is 65.5 Å². The summed E-state index contributed by atoms with van der Waals surface area (Å²) >= 11 is 0.